The quantitative estimate of drug-likeness (QED) is 0.696. The Labute approximate surface area is 148 Å². The summed E-state index contributed by atoms with van der Waals surface area (Å²) in [6, 6.07) is 9.28. The lowest BCUT2D eigenvalue weighted by molar-refractivity contribution is 0.196. The Kier molecular flexibility index (Phi) is 6.04. The van der Waals surface area contributed by atoms with Gasteiger partial charge in [-0.05, 0) is 38.5 Å². The maximum Gasteiger partial charge on any atom is 0.268 e. The summed E-state index contributed by atoms with van der Waals surface area (Å²) in [6.45, 7) is 3.70. The summed E-state index contributed by atoms with van der Waals surface area (Å²) in [7, 11) is -6.13. The maximum absolute atomic E-state index is 12.8. The molecule has 1 N–H and O–H groups in total. The van der Waals surface area contributed by atoms with Crippen LogP contribution in [0.4, 0.5) is 0 Å². The second kappa shape index (κ2) is 7.69. The van der Waals surface area contributed by atoms with Crippen LogP contribution in [-0.2, 0) is 24.8 Å². The number of ether oxygens (including phenoxy) is 1. The summed E-state index contributed by atoms with van der Waals surface area (Å²) >= 11 is 0. The normalized spacial score (nSPS) is 12.4. The third-order valence-electron chi connectivity index (χ3n) is 3.71. The van der Waals surface area contributed by atoms with Crippen LogP contribution in [-0.4, -0.2) is 41.1 Å². The van der Waals surface area contributed by atoms with Crippen molar-refractivity contribution in [1.82, 2.24) is 8.69 Å². The SMILES string of the molecule is COCCCNS(=O)(=O)c1cc(C)n(S(=O)(=O)c2ccccc2)c1C. The third kappa shape index (κ3) is 4.12. The predicted octanol–water partition coefficient (Wildman–Crippen LogP) is 1.66. The Hall–Kier alpha value is -1.68. The Morgan fingerprint density at radius 3 is 2.32 bits per heavy atom. The van der Waals surface area contributed by atoms with Gasteiger partial charge in [0.1, 0.15) is 4.90 Å². The van der Waals surface area contributed by atoms with E-state index >= 15 is 0 Å². The molecule has 0 amide bonds. The van der Waals surface area contributed by atoms with Crippen molar-refractivity contribution in [2.45, 2.75) is 30.1 Å². The number of methoxy groups -OCH3 is 1. The molecule has 0 fully saturated rings. The van der Waals surface area contributed by atoms with E-state index in [1.807, 2.05) is 0 Å². The zero-order valence-electron chi connectivity index (χ0n) is 14.4. The van der Waals surface area contributed by atoms with Crippen molar-refractivity contribution in [2.24, 2.45) is 0 Å². The molecule has 0 atom stereocenters. The third-order valence-corrected chi connectivity index (χ3v) is 7.20. The van der Waals surface area contributed by atoms with Gasteiger partial charge in [-0.15, -0.1) is 0 Å². The Morgan fingerprint density at radius 2 is 1.72 bits per heavy atom. The van der Waals surface area contributed by atoms with Gasteiger partial charge in [0.2, 0.25) is 10.0 Å². The Morgan fingerprint density at radius 1 is 1.08 bits per heavy atom. The summed E-state index contributed by atoms with van der Waals surface area (Å²) in [6.07, 6.45) is 0.525. The minimum absolute atomic E-state index is 0.0399. The number of benzene rings is 1. The smallest absolute Gasteiger partial charge is 0.268 e. The molecule has 9 heteroatoms. The number of aromatic nitrogens is 1. The molecule has 0 aliphatic rings. The Balaban J connectivity index is 2.42. The molecule has 2 aromatic rings. The van der Waals surface area contributed by atoms with Gasteiger partial charge < -0.3 is 4.74 Å². The topological polar surface area (TPSA) is 94.5 Å². The average Bonchev–Trinajstić information content (AvgIpc) is 2.88. The molecule has 0 saturated heterocycles. The van der Waals surface area contributed by atoms with Crippen LogP contribution in [0.25, 0.3) is 0 Å². The highest BCUT2D eigenvalue weighted by molar-refractivity contribution is 7.90. The zero-order chi connectivity index (χ0) is 18.7. The lowest BCUT2D eigenvalue weighted by Gasteiger charge is -2.11. The fourth-order valence-electron chi connectivity index (χ4n) is 2.56. The van der Waals surface area contributed by atoms with Crippen LogP contribution in [0.5, 0.6) is 0 Å². The fraction of sp³-hybridized carbons (Fsp3) is 0.375. The summed E-state index contributed by atoms with van der Waals surface area (Å²) in [4.78, 5) is 0.0655. The molecule has 1 aromatic carbocycles. The van der Waals surface area contributed by atoms with E-state index in [1.165, 1.54) is 32.2 Å². The van der Waals surface area contributed by atoms with Gasteiger partial charge in [-0.25, -0.2) is 25.5 Å². The van der Waals surface area contributed by atoms with Crippen molar-refractivity contribution in [2.75, 3.05) is 20.3 Å². The van der Waals surface area contributed by atoms with E-state index in [2.05, 4.69) is 4.72 Å². The van der Waals surface area contributed by atoms with E-state index in [4.69, 9.17) is 4.74 Å². The molecule has 0 radical (unpaired) electrons. The highest BCUT2D eigenvalue weighted by atomic mass is 32.2. The van der Waals surface area contributed by atoms with Gasteiger partial charge in [-0.2, -0.15) is 0 Å². The average molecular weight is 386 g/mol. The molecular formula is C16H22N2O5S2. The number of hydrogen-bond donors (Lipinski definition) is 1. The first-order chi connectivity index (χ1) is 11.7. The van der Waals surface area contributed by atoms with Crippen LogP contribution in [0.3, 0.4) is 0 Å². The van der Waals surface area contributed by atoms with E-state index in [9.17, 15) is 16.8 Å². The van der Waals surface area contributed by atoms with Crippen LogP contribution in [0, 0.1) is 13.8 Å². The zero-order valence-corrected chi connectivity index (χ0v) is 16.0. The maximum atomic E-state index is 12.8. The van der Waals surface area contributed by atoms with Crippen molar-refractivity contribution in [3.8, 4) is 0 Å². The van der Waals surface area contributed by atoms with Crippen LogP contribution >= 0.6 is 0 Å². The second-order valence-corrected chi connectivity index (χ2v) is 9.08. The van der Waals surface area contributed by atoms with Gasteiger partial charge in [0.15, 0.2) is 0 Å². The highest BCUT2D eigenvalue weighted by Gasteiger charge is 2.27. The summed E-state index contributed by atoms with van der Waals surface area (Å²) in [5.74, 6) is 0. The van der Waals surface area contributed by atoms with Crippen LogP contribution < -0.4 is 4.72 Å². The van der Waals surface area contributed by atoms with E-state index < -0.39 is 20.0 Å². The van der Waals surface area contributed by atoms with Crippen LogP contribution in [0.1, 0.15) is 17.8 Å². The number of rotatable bonds is 8. The molecule has 25 heavy (non-hydrogen) atoms. The van der Waals surface area contributed by atoms with Crippen LogP contribution in [0.15, 0.2) is 46.2 Å². The number of sulfonamides is 1. The molecule has 0 unspecified atom stereocenters. The largest absolute Gasteiger partial charge is 0.385 e. The molecule has 0 aliphatic heterocycles. The van der Waals surface area contributed by atoms with Crippen molar-refractivity contribution in [1.29, 1.82) is 0 Å². The number of hydrogen-bond acceptors (Lipinski definition) is 5. The molecule has 1 heterocycles. The van der Waals surface area contributed by atoms with E-state index in [0.717, 1.165) is 3.97 Å². The molecule has 0 aliphatic carbocycles. The molecule has 138 valence electrons. The first-order valence-corrected chi connectivity index (χ1v) is 10.6. The van der Waals surface area contributed by atoms with Gasteiger partial charge >= 0.3 is 0 Å². The van der Waals surface area contributed by atoms with E-state index in [-0.39, 0.29) is 22.0 Å². The number of nitrogens with zero attached hydrogens (tertiary/aromatic N) is 1. The lowest BCUT2D eigenvalue weighted by atomic mass is 10.4. The van der Waals surface area contributed by atoms with Crippen molar-refractivity contribution < 1.29 is 21.6 Å². The molecule has 0 bridgehead atoms. The molecule has 1 aromatic heterocycles. The first-order valence-electron chi connectivity index (χ1n) is 7.70. The summed E-state index contributed by atoms with van der Waals surface area (Å²) in [5.41, 5.74) is 0.485. The molecular weight excluding hydrogens is 364 g/mol. The standard InChI is InChI=1S/C16H22N2O5S2/c1-13-12-16(24(19,20)17-10-7-11-23-3)14(2)18(13)25(21,22)15-8-5-4-6-9-15/h4-6,8-9,12,17H,7,10-11H2,1-3H3. The number of aryl methyl sites for hydroxylation is 1. The number of nitrogens with one attached hydrogen (secondary N) is 1. The van der Waals surface area contributed by atoms with Gasteiger partial charge in [-0.3, -0.25) is 0 Å². The highest BCUT2D eigenvalue weighted by Crippen LogP contribution is 2.25. The fourth-order valence-corrected chi connectivity index (χ4v) is 5.59. The molecule has 7 nitrogen and oxygen atoms in total. The van der Waals surface area contributed by atoms with E-state index in [0.29, 0.717) is 18.7 Å². The van der Waals surface area contributed by atoms with Gasteiger partial charge in [0.05, 0.1) is 10.6 Å². The lowest BCUT2D eigenvalue weighted by Crippen LogP contribution is -2.26. The summed E-state index contributed by atoms with van der Waals surface area (Å²) < 4.78 is 59.1. The first kappa shape index (κ1) is 19.6. The van der Waals surface area contributed by atoms with Gasteiger partial charge in [0.25, 0.3) is 10.0 Å². The minimum atomic E-state index is -3.86. The van der Waals surface area contributed by atoms with Crippen molar-refractivity contribution >= 4 is 20.0 Å². The van der Waals surface area contributed by atoms with Crippen molar-refractivity contribution in [3.63, 3.8) is 0 Å². The summed E-state index contributed by atoms with van der Waals surface area (Å²) in [5, 5.41) is 0. The minimum Gasteiger partial charge on any atom is -0.385 e. The van der Waals surface area contributed by atoms with Crippen molar-refractivity contribution in [3.05, 3.63) is 47.8 Å². The predicted molar refractivity (Wildman–Crippen MR) is 94.6 cm³/mol. The molecule has 0 spiro atoms. The Bertz CT molecular complexity index is 932. The van der Waals surface area contributed by atoms with Gasteiger partial charge in [0, 0.05) is 26.0 Å². The van der Waals surface area contributed by atoms with Crippen LogP contribution in [0.2, 0.25) is 0 Å². The molecule has 2 rings (SSSR count). The second-order valence-electron chi connectivity index (χ2n) is 5.56. The van der Waals surface area contributed by atoms with Gasteiger partial charge in [-0.1, -0.05) is 18.2 Å². The molecule has 0 saturated carbocycles. The monoisotopic (exact) mass is 386 g/mol. The van der Waals surface area contributed by atoms with E-state index in [1.54, 1.807) is 25.1 Å².